The SMILES string of the molecule is CCCCNC(=O)[C@H](Cc1ccccc1)N(Cc1ccc(Cl)cc1)C(=O)COc1ccccc1F. The van der Waals surface area contributed by atoms with Gasteiger partial charge < -0.3 is 15.0 Å². The van der Waals surface area contributed by atoms with Gasteiger partial charge in [-0.3, -0.25) is 9.59 Å². The van der Waals surface area contributed by atoms with Crippen LogP contribution in [0.2, 0.25) is 5.02 Å². The van der Waals surface area contributed by atoms with Crippen LogP contribution in [0.3, 0.4) is 0 Å². The van der Waals surface area contributed by atoms with E-state index in [0.29, 0.717) is 18.0 Å². The van der Waals surface area contributed by atoms with Crippen molar-refractivity contribution in [2.24, 2.45) is 0 Å². The van der Waals surface area contributed by atoms with Gasteiger partial charge in [-0.25, -0.2) is 4.39 Å². The van der Waals surface area contributed by atoms with Gasteiger partial charge in [-0.2, -0.15) is 0 Å². The van der Waals surface area contributed by atoms with Gasteiger partial charge in [0.15, 0.2) is 18.2 Å². The third-order valence-electron chi connectivity index (χ3n) is 5.55. The molecule has 184 valence electrons. The van der Waals surface area contributed by atoms with Gasteiger partial charge in [-0.15, -0.1) is 0 Å². The highest BCUT2D eigenvalue weighted by Gasteiger charge is 2.30. The molecule has 0 saturated carbocycles. The highest BCUT2D eigenvalue weighted by molar-refractivity contribution is 6.30. The predicted octanol–water partition coefficient (Wildman–Crippen LogP) is 5.41. The van der Waals surface area contributed by atoms with Crippen LogP contribution in [-0.4, -0.2) is 35.9 Å². The van der Waals surface area contributed by atoms with E-state index in [-0.39, 0.29) is 18.2 Å². The van der Waals surface area contributed by atoms with Gasteiger partial charge in [0.2, 0.25) is 5.91 Å². The molecule has 0 aliphatic rings. The molecule has 0 bridgehead atoms. The minimum Gasteiger partial charge on any atom is -0.481 e. The van der Waals surface area contributed by atoms with Gasteiger partial charge >= 0.3 is 0 Å². The average molecular weight is 497 g/mol. The summed E-state index contributed by atoms with van der Waals surface area (Å²) in [6, 6.07) is 21.8. The third kappa shape index (κ3) is 8.11. The largest absolute Gasteiger partial charge is 0.481 e. The van der Waals surface area contributed by atoms with Crippen molar-refractivity contribution in [3.63, 3.8) is 0 Å². The van der Waals surface area contributed by atoms with Gasteiger partial charge in [0, 0.05) is 24.5 Å². The van der Waals surface area contributed by atoms with Crippen molar-refractivity contribution in [2.45, 2.75) is 38.8 Å². The number of unbranched alkanes of at least 4 members (excludes halogenated alkanes) is 1. The van der Waals surface area contributed by atoms with E-state index in [4.69, 9.17) is 16.3 Å². The first kappa shape index (κ1) is 26.2. The second-order valence-electron chi connectivity index (χ2n) is 8.22. The summed E-state index contributed by atoms with van der Waals surface area (Å²) in [5.41, 5.74) is 1.74. The fourth-order valence-corrected chi connectivity index (χ4v) is 3.76. The first-order valence-corrected chi connectivity index (χ1v) is 12.1. The normalized spacial score (nSPS) is 11.5. The van der Waals surface area contributed by atoms with Crippen LogP contribution in [0.25, 0.3) is 0 Å². The zero-order chi connectivity index (χ0) is 25.0. The number of para-hydroxylation sites is 1. The molecule has 0 unspecified atom stereocenters. The van der Waals surface area contributed by atoms with Gasteiger partial charge in [0.25, 0.3) is 5.91 Å². The summed E-state index contributed by atoms with van der Waals surface area (Å²) in [6.45, 7) is 2.34. The molecule has 0 spiro atoms. The van der Waals surface area contributed by atoms with Crippen molar-refractivity contribution >= 4 is 23.4 Å². The lowest BCUT2D eigenvalue weighted by Crippen LogP contribution is -2.51. The van der Waals surface area contributed by atoms with Crippen LogP contribution >= 0.6 is 11.6 Å². The molecular formula is C28H30ClFN2O3. The molecule has 0 aliphatic heterocycles. The van der Waals surface area contributed by atoms with E-state index >= 15 is 0 Å². The van der Waals surface area contributed by atoms with Gasteiger partial charge in [0.05, 0.1) is 0 Å². The standard InChI is InChI=1S/C28H30ClFN2O3/c1-2-3-17-31-28(34)25(18-21-9-5-4-6-10-21)32(19-22-13-15-23(29)16-14-22)27(33)20-35-26-12-8-7-11-24(26)30/h4-16,25H,2-3,17-20H2,1H3,(H,31,34)/t25-/m0/s1. The predicted molar refractivity (Wildman–Crippen MR) is 136 cm³/mol. The molecule has 3 rings (SSSR count). The number of nitrogens with one attached hydrogen (secondary N) is 1. The molecular weight excluding hydrogens is 467 g/mol. The lowest BCUT2D eigenvalue weighted by molar-refractivity contribution is -0.142. The van der Waals surface area contributed by atoms with Gasteiger partial charge in [0.1, 0.15) is 6.04 Å². The summed E-state index contributed by atoms with van der Waals surface area (Å²) in [4.78, 5) is 28.3. The van der Waals surface area contributed by atoms with Crippen molar-refractivity contribution in [1.29, 1.82) is 0 Å². The molecule has 3 aromatic carbocycles. The van der Waals surface area contributed by atoms with E-state index in [1.165, 1.54) is 17.0 Å². The maximum Gasteiger partial charge on any atom is 0.261 e. The Hall–Kier alpha value is -3.38. The molecule has 35 heavy (non-hydrogen) atoms. The Kier molecular flexibility index (Phi) is 10.1. The Bertz CT molecular complexity index is 1090. The zero-order valence-electron chi connectivity index (χ0n) is 19.8. The van der Waals surface area contributed by atoms with Crippen LogP contribution in [0.4, 0.5) is 4.39 Å². The average Bonchev–Trinajstić information content (AvgIpc) is 2.87. The maximum absolute atomic E-state index is 14.0. The molecule has 2 amide bonds. The number of nitrogens with zero attached hydrogens (tertiary/aromatic N) is 1. The number of hydrogen-bond acceptors (Lipinski definition) is 3. The minimum absolute atomic E-state index is 0.0145. The number of amides is 2. The van der Waals surface area contributed by atoms with Crippen LogP contribution in [0.1, 0.15) is 30.9 Å². The van der Waals surface area contributed by atoms with Crippen LogP contribution < -0.4 is 10.1 Å². The van der Waals surface area contributed by atoms with Crippen molar-refractivity contribution in [1.82, 2.24) is 10.2 Å². The van der Waals surface area contributed by atoms with E-state index in [1.807, 2.05) is 49.4 Å². The third-order valence-corrected chi connectivity index (χ3v) is 5.81. The fraction of sp³-hybridized carbons (Fsp3) is 0.286. The Balaban J connectivity index is 1.88. The number of ether oxygens (including phenoxy) is 1. The summed E-state index contributed by atoms with van der Waals surface area (Å²) >= 11 is 6.03. The Morgan fingerprint density at radius 2 is 1.66 bits per heavy atom. The number of halogens is 2. The zero-order valence-corrected chi connectivity index (χ0v) is 20.5. The molecule has 0 saturated heterocycles. The summed E-state index contributed by atoms with van der Waals surface area (Å²) in [5, 5.41) is 3.54. The Morgan fingerprint density at radius 1 is 0.971 bits per heavy atom. The van der Waals surface area contributed by atoms with E-state index < -0.39 is 24.4 Å². The summed E-state index contributed by atoms with van der Waals surface area (Å²) in [6.07, 6.45) is 2.11. The second kappa shape index (κ2) is 13.5. The molecule has 1 atom stereocenters. The van der Waals surface area contributed by atoms with Crippen molar-refractivity contribution in [2.75, 3.05) is 13.2 Å². The van der Waals surface area contributed by atoms with Crippen LogP contribution in [0.5, 0.6) is 5.75 Å². The van der Waals surface area contributed by atoms with Crippen molar-refractivity contribution < 1.29 is 18.7 Å². The quantitative estimate of drug-likeness (QED) is 0.341. The second-order valence-corrected chi connectivity index (χ2v) is 8.65. The maximum atomic E-state index is 14.0. The van der Waals surface area contributed by atoms with Gasteiger partial charge in [-0.05, 0) is 41.8 Å². The lowest BCUT2D eigenvalue weighted by atomic mass is 10.0. The van der Waals surface area contributed by atoms with Crippen LogP contribution in [0, 0.1) is 5.82 Å². The topological polar surface area (TPSA) is 58.6 Å². The monoisotopic (exact) mass is 496 g/mol. The summed E-state index contributed by atoms with van der Waals surface area (Å²) in [5.74, 6) is -1.23. The molecule has 7 heteroatoms. The number of rotatable bonds is 12. The van der Waals surface area contributed by atoms with E-state index in [0.717, 1.165) is 24.0 Å². The minimum atomic E-state index is -0.776. The highest BCUT2D eigenvalue weighted by Crippen LogP contribution is 2.19. The summed E-state index contributed by atoms with van der Waals surface area (Å²) in [7, 11) is 0. The lowest BCUT2D eigenvalue weighted by Gasteiger charge is -2.31. The molecule has 0 fully saturated rings. The molecule has 3 aromatic rings. The number of benzene rings is 3. The Morgan fingerprint density at radius 3 is 2.34 bits per heavy atom. The smallest absolute Gasteiger partial charge is 0.261 e. The fourth-order valence-electron chi connectivity index (χ4n) is 3.63. The van der Waals surface area contributed by atoms with E-state index in [9.17, 15) is 14.0 Å². The van der Waals surface area contributed by atoms with Crippen LogP contribution in [-0.2, 0) is 22.6 Å². The first-order chi connectivity index (χ1) is 17.0. The first-order valence-electron chi connectivity index (χ1n) is 11.7. The highest BCUT2D eigenvalue weighted by atomic mass is 35.5. The molecule has 0 heterocycles. The Labute approximate surface area is 210 Å². The molecule has 5 nitrogen and oxygen atoms in total. The summed E-state index contributed by atoms with van der Waals surface area (Å²) < 4.78 is 19.5. The van der Waals surface area contributed by atoms with Gasteiger partial charge in [-0.1, -0.05) is 79.5 Å². The van der Waals surface area contributed by atoms with Crippen molar-refractivity contribution in [3.8, 4) is 5.75 Å². The van der Waals surface area contributed by atoms with E-state index in [1.54, 1.807) is 24.3 Å². The molecule has 0 radical (unpaired) electrons. The molecule has 0 aromatic heterocycles. The number of carbonyl (C=O) groups is 2. The molecule has 1 N–H and O–H groups in total. The van der Waals surface area contributed by atoms with Crippen LogP contribution in [0.15, 0.2) is 78.9 Å². The number of hydrogen-bond donors (Lipinski definition) is 1. The van der Waals surface area contributed by atoms with E-state index in [2.05, 4.69) is 5.32 Å². The molecule has 0 aliphatic carbocycles. The van der Waals surface area contributed by atoms with Crippen molar-refractivity contribution in [3.05, 3.63) is 101 Å². The number of carbonyl (C=O) groups excluding carboxylic acids is 2.